The molecule has 7 N–H and O–H groups in total. The van der Waals surface area contributed by atoms with Crippen molar-refractivity contribution in [2.75, 3.05) is 28.8 Å². The summed E-state index contributed by atoms with van der Waals surface area (Å²) in [6.45, 7) is 6.13. The summed E-state index contributed by atoms with van der Waals surface area (Å²) < 4.78 is 21.2. The number of nitrogens with two attached hydrogens (primary N) is 1. The number of phosphoric acid groups is 1. The molecular weight excluding hydrogens is 481 g/mol. The number of phosphoric ester groups is 1. The summed E-state index contributed by atoms with van der Waals surface area (Å²) in [5, 5.41) is 21.0. The fourth-order valence-corrected chi connectivity index (χ4v) is 4.58. The van der Waals surface area contributed by atoms with Gasteiger partial charge < -0.3 is 40.3 Å². The van der Waals surface area contributed by atoms with Gasteiger partial charge >= 0.3 is 7.82 Å². The molecular formula is C21H30N5O8P. The zero-order chi connectivity index (χ0) is 25.7. The Bertz CT molecular complexity index is 1180. The van der Waals surface area contributed by atoms with Gasteiger partial charge in [0.2, 0.25) is 5.95 Å². The van der Waals surface area contributed by atoms with E-state index in [1.807, 2.05) is 24.3 Å². The molecule has 0 amide bonds. The van der Waals surface area contributed by atoms with Crippen LogP contribution in [0.5, 0.6) is 0 Å². The molecule has 3 heterocycles. The minimum absolute atomic E-state index is 0.00893. The average Bonchev–Trinajstić information content (AvgIpc) is 3.23. The number of aliphatic hydroxyl groups excluding tert-OH is 2. The third kappa shape index (κ3) is 5.36. The van der Waals surface area contributed by atoms with E-state index in [9.17, 15) is 19.6 Å². The van der Waals surface area contributed by atoms with Crippen LogP contribution in [0.3, 0.4) is 0 Å². The smallest absolute Gasteiger partial charge is 0.387 e. The lowest BCUT2D eigenvalue weighted by Gasteiger charge is -2.28. The van der Waals surface area contributed by atoms with Crippen LogP contribution in [0.1, 0.15) is 31.9 Å². The van der Waals surface area contributed by atoms with Crippen LogP contribution in [0.15, 0.2) is 29.1 Å². The molecule has 0 unspecified atom stereocenters. The van der Waals surface area contributed by atoms with Crippen LogP contribution in [-0.2, 0) is 25.8 Å². The van der Waals surface area contributed by atoms with Gasteiger partial charge in [0, 0.05) is 6.54 Å². The zero-order valence-electron chi connectivity index (χ0n) is 19.5. The highest BCUT2D eigenvalue weighted by atomic mass is 31.2. The Morgan fingerprint density at radius 3 is 2.49 bits per heavy atom. The first-order chi connectivity index (χ1) is 16.2. The van der Waals surface area contributed by atoms with Gasteiger partial charge in [-0.2, -0.15) is 4.98 Å². The van der Waals surface area contributed by atoms with Gasteiger partial charge in [-0.25, -0.2) is 4.57 Å². The predicted molar refractivity (Wildman–Crippen MR) is 127 cm³/mol. The lowest BCUT2D eigenvalue weighted by molar-refractivity contribution is -0.0218. The maximum atomic E-state index is 12.8. The molecule has 0 spiro atoms. The highest BCUT2D eigenvalue weighted by molar-refractivity contribution is 7.46. The number of H-pyrrole nitrogens is 1. The summed E-state index contributed by atoms with van der Waals surface area (Å²) in [6.07, 6.45) is -5.35. The first-order valence-corrected chi connectivity index (χ1v) is 12.5. The van der Waals surface area contributed by atoms with E-state index in [1.165, 1.54) is 4.90 Å². The van der Waals surface area contributed by atoms with Gasteiger partial charge in [-0.05, 0) is 16.5 Å². The number of hydrogen-bond acceptors (Lipinski definition) is 10. The van der Waals surface area contributed by atoms with E-state index in [2.05, 4.69) is 35.3 Å². The van der Waals surface area contributed by atoms with Gasteiger partial charge in [-0.15, -0.1) is 0 Å². The Balaban J connectivity index is 1.60. The summed E-state index contributed by atoms with van der Waals surface area (Å²) >= 11 is 0. The van der Waals surface area contributed by atoms with E-state index in [0.717, 1.165) is 11.1 Å². The second-order valence-electron chi connectivity index (χ2n) is 9.71. The van der Waals surface area contributed by atoms with Crippen LogP contribution >= 0.6 is 7.82 Å². The maximum Gasteiger partial charge on any atom is 0.469 e. The molecule has 4 atom stereocenters. The lowest BCUT2D eigenvalue weighted by Crippen LogP contribution is -2.46. The summed E-state index contributed by atoms with van der Waals surface area (Å²) in [6, 6.07) is 8.01. The van der Waals surface area contributed by atoms with Crippen LogP contribution in [0.25, 0.3) is 0 Å². The molecule has 192 valence electrons. The number of nitrogens with zero attached hydrogens (tertiary/aromatic N) is 3. The Morgan fingerprint density at radius 1 is 1.23 bits per heavy atom. The molecule has 13 nitrogen and oxygen atoms in total. The number of ether oxygens (including phenoxy) is 1. The summed E-state index contributed by atoms with van der Waals surface area (Å²) in [5.74, 6) is 0.0231. The molecule has 1 aromatic heterocycles. The number of hydrogen-bond donors (Lipinski definition) is 6. The van der Waals surface area contributed by atoms with E-state index in [-0.39, 0.29) is 29.5 Å². The van der Waals surface area contributed by atoms with Gasteiger partial charge in [0.25, 0.3) is 5.56 Å². The van der Waals surface area contributed by atoms with E-state index < -0.39 is 44.5 Å². The van der Waals surface area contributed by atoms with Crippen molar-refractivity contribution in [1.82, 2.24) is 9.97 Å². The first kappa shape index (κ1) is 25.6. The fraction of sp³-hybridized carbons (Fsp3) is 0.524. The third-order valence-electron chi connectivity index (χ3n) is 6.05. The van der Waals surface area contributed by atoms with Crippen LogP contribution in [0.2, 0.25) is 0 Å². The van der Waals surface area contributed by atoms with E-state index in [4.69, 9.17) is 20.3 Å². The molecule has 2 aromatic rings. The van der Waals surface area contributed by atoms with Gasteiger partial charge in [0.15, 0.2) is 12.0 Å². The Morgan fingerprint density at radius 2 is 1.89 bits per heavy atom. The van der Waals surface area contributed by atoms with Crippen molar-refractivity contribution in [3.63, 3.8) is 0 Å². The van der Waals surface area contributed by atoms with Gasteiger partial charge in [-0.3, -0.25) is 14.3 Å². The molecule has 0 aliphatic carbocycles. The van der Waals surface area contributed by atoms with Crippen LogP contribution in [-0.4, -0.2) is 67.8 Å². The van der Waals surface area contributed by atoms with Crippen molar-refractivity contribution in [3.8, 4) is 0 Å². The van der Waals surface area contributed by atoms with Crippen molar-refractivity contribution < 1.29 is 33.8 Å². The van der Waals surface area contributed by atoms with Crippen LogP contribution < -0.4 is 21.1 Å². The van der Waals surface area contributed by atoms with Crippen molar-refractivity contribution in [2.24, 2.45) is 0 Å². The highest BCUT2D eigenvalue weighted by Gasteiger charge is 2.49. The van der Waals surface area contributed by atoms with Gasteiger partial charge in [-0.1, -0.05) is 45.0 Å². The Kier molecular flexibility index (Phi) is 6.70. The number of fused-ring (bicyclic) bond motifs is 1. The SMILES string of the molecule is CC(C)(C)c1ccc(CN2CN([C@@H]3O[C@H](COP(=O)(O)O)[C@@H](O)[C@H]3O)c3nc(N)[nH]c(=O)c32)cc1. The fourth-order valence-electron chi connectivity index (χ4n) is 4.23. The lowest BCUT2D eigenvalue weighted by atomic mass is 9.87. The second-order valence-corrected chi connectivity index (χ2v) is 11.0. The zero-order valence-corrected chi connectivity index (χ0v) is 20.4. The molecule has 0 saturated carbocycles. The van der Waals surface area contributed by atoms with Crippen LogP contribution in [0, 0.1) is 0 Å². The van der Waals surface area contributed by atoms with Crippen molar-refractivity contribution in [1.29, 1.82) is 0 Å². The largest absolute Gasteiger partial charge is 0.469 e. The van der Waals surface area contributed by atoms with Crippen molar-refractivity contribution >= 4 is 25.3 Å². The number of nitrogen functional groups attached to an aromatic ring is 1. The van der Waals surface area contributed by atoms with E-state index in [0.29, 0.717) is 6.54 Å². The number of anilines is 3. The number of aromatic amines is 1. The predicted octanol–water partition coefficient (Wildman–Crippen LogP) is -0.0103. The molecule has 14 heteroatoms. The molecule has 1 aromatic carbocycles. The summed E-state index contributed by atoms with van der Waals surface area (Å²) in [7, 11) is -4.81. The number of nitrogens with one attached hydrogen (secondary N) is 1. The molecule has 1 fully saturated rings. The topological polar surface area (TPSA) is 195 Å². The molecule has 2 aliphatic rings. The monoisotopic (exact) mass is 511 g/mol. The van der Waals surface area contributed by atoms with Gasteiger partial charge in [0.1, 0.15) is 24.0 Å². The maximum absolute atomic E-state index is 12.8. The minimum Gasteiger partial charge on any atom is -0.387 e. The van der Waals surface area contributed by atoms with Crippen molar-refractivity contribution in [2.45, 2.75) is 57.3 Å². The number of benzene rings is 1. The molecule has 0 radical (unpaired) electrons. The van der Waals surface area contributed by atoms with E-state index in [1.54, 1.807) is 4.90 Å². The molecule has 0 bridgehead atoms. The highest BCUT2D eigenvalue weighted by Crippen LogP contribution is 2.40. The Labute approximate surface area is 201 Å². The van der Waals surface area contributed by atoms with Crippen molar-refractivity contribution in [3.05, 3.63) is 45.7 Å². The van der Waals surface area contributed by atoms with Crippen LogP contribution in [0.4, 0.5) is 17.5 Å². The number of aromatic nitrogens is 2. The molecule has 2 aliphatic heterocycles. The quantitative estimate of drug-likeness (QED) is 0.284. The normalized spacial score (nSPS) is 24.8. The average molecular weight is 511 g/mol. The van der Waals surface area contributed by atoms with E-state index >= 15 is 0 Å². The minimum atomic E-state index is -4.81. The summed E-state index contributed by atoms with van der Waals surface area (Å²) in [4.78, 5) is 40.6. The first-order valence-electron chi connectivity index (χ1n) is 11.0. The summed E-state index contributed by atoms with van der Waals surface area (Å²) in [5.41, 5.74) is 7.60. The van der Waals surface area contributed by atoms with Gasteiger partial charge in [0.05, 0.1) is 13.3 Å². The molecule has 1 saturated heterocycles. The number of aliphatic hydroxyl groups is 2. The molecule has 4 rings (SSSR count). The second kappa shape index (κ2) is 9.17. The number of rotatable bonds is 6. The third-order valence-corrected chi connectivity index (χ3v) is 6.54. The molecule has 35 heavy (non-hydrogen) atoms. The standard InChI is InChI=1S/C21H30N5O8P/c1-21(2,3)12-6-4-11(5-7-12)8-25-10-26(17-14(25)18(29)24-20(22)23-17)19-16(28)15(27)13(34-19)9-33-35(30,31)32/h4-7,13,15-16,19,27-28H,8-10H2,1-3H3,(H2,30,31,32)(H3,22,23,24,29)/t13-,15-,16-,19-/m1/s1. The Hall–Kier alpha value is -2.51.